The number of ether oxygens (including phenoxy) is 1. The average molecular weight is 222 g/mol. The number of esters is 1. The van der Waals surface area contributed by atoms with Gasteiger partial charge in [0.05, 0.1) is 0 Å². The summed E-state index contributed by atoms with van der Waals surface area (Å²) in [6.45, 7) is 9.50. The number of hydrogen-bond donors (Lipinski definition) is 0. The average Bonchev–Trinajstić information content (AvgIpc) is 2.77. The van der Waals surface area contributed by atoms with Crippen molar-refractivity contribution >= 4 is 5.97 Å². The summed E-state index contributed by atoms with van der Waals surface area (Å²) < 4.78 is 5.67. The number of fused-ring (bicyclic) bond motifs is 2. The van der Waals surface area contributed by atoms with E-state index in [1.54, 1.807) is 6.92 Å². The molecule has 2 fully saturated rings. The normalized spacial score (nSPS) is 32.8. The molecule has 0 aromatic carbocycles. The van der Waals surface area contributed by atoms with Gasteiger partial charge in [-0.3, -0.25) is 0 Å². The van der Waals surface area contributed by atoms with Crippen LogP contribution in [0, 0.1) is 11.3 Å². The summed E-state index contributed by atoms with van der Waals surface area (Å²) in [6, 6.07) is 0. The van der Waals surface area contributed by atoms with Crippen LogP contribution in [0.3, 0.4) is 0 Å². The van der Waals surface area contributed by atoms with Crippen molar-refractivity contribution in [3.8, 4) is 0 Å². The van der Waals surface area contributed by atoms with Gasteiger partial charge < -0.3 is 4.74 Å². The monoisotopic (exact) mass is 222 g/mol. The summed E-state index contributed by atoms with van der Waals surface area (Å²) in [5.41, 5.74) is 0.397. The first-order valence-electron chi connectivity index (χ1n) is 6.25. The summed E-state index contributed by atoms with van der Waals surface area (Å²) in [5.74, 6) is 0.637. The van der Waals surface area contributed by atoms with E-state index in [1.807, 2.05) is 0 Å². The Labute approximate surface area is 98.1 Å². The molecule has 0 heterocycles. The van der Waals surface area contributed by atoms with Crippen molar-refractivity contribution in [3.63, 3.8) is 0 Å². The van der Waals surface area contributed by atoms with E-state index in [1.165, 1.54) is 32.1 Å². The van der Waals surface area contributed by atoms with Crippen molar-refractivity contribution in [2.75, 3.05) is 0 Å². The molecule has 2 nitrogen and oxygen atoms in total. The summed E-state index contributed by atoms with van der Waals surface area (Å²) in [4.78, 5) is 11.7. The molecule has 90 valence electrons. The molecule has 2 aliphatic carbocycles. The second kappa shape index (κ2) is 3.61. The molecule has 0 N–H and O–H groups in total. The van der Waals surface area contributed by atoms with Gasteiger partial charge in [0, 0.05) is 11.0 Å². The van der Waals surface area contributed by atoms with E-state index >= 15 is 0 Å². The lowest BCUT2D eigenvalue weighted by Crippen LogP contribution is -2.44. The molecule has 2 bridgehead atoms. The molecule has 0 spiro atoms. The highest BCUT2D eigenvalue weighted by Crippen LogP contribution is 2.60. The predicted octanol–water partition coefficient (Wildman–Crippen LogP) is 3.46. The molecule has 0 radical (unpaired) electrons. The Morgan fingerprint density at radius 2 is 1.94 bits per heavy atom. The van der Waals surface area contributed by atoms with Gasteiger partial charge in [-0.15, -0.1) is 0 Å². The van der Waals surface area contributed by atoms with Gasteiger partial charge in [0.15, 0.2) is 0 Å². The smallest absolute Gasteiger partial charge is 0.333 e. The maximum atomic E-state index is 11.7. The van der Waals surface area contributed by atoms with Crippen LogP contribution in [0.5, 0.6) is 0 Å². The highest BCUT2D eigenvalue weighted by molar-refractivity contribution is 5.87. The second-order valence-corrected chi connectivity index (χ2v) is 6.11. The van der Waals surface area contributed by atoms with Gasteiger partial charge in [-0.05, 0) is 58.8 Å². The predicted molar refractivity (Wildman–Crippen MR) is 64.0 cm³/mol. The minimum absolute atomic E-state index is 0.239. The Bertz CT molecular complexity index is 320. The molecule has 0 aromatic rings. The van der Waals surface area contributed by atoms with Crippen molar-refractivity contribution in [1.29, 1.82) is 0 Å². The van der Waals surface area contributed by atoms with E-state index < -0.39 is 0 Å². The van der Waals surface area contributed by atoms with Crippen molar-refractivity contribution < 1.29 is 9.53 Å². The highest BCUT2D eigenvalue weighted by Gasteiger charge is 2.55. The quantitative estimate of drug-likeness (QED) is 0.540. The van der Waals surface area contributed by atoms with Crippen LogP contribution in [0.4, 0.5) is 0 Å². The van der Waals surface area contributed by atoms with Crippen LogP contribution in [-0.2, 0) is 9.53 Å². The van der Waals surface area contributed by atoms with E-state index in [2.05, 4.69) is 20.4 Å². The standard InChI is InChI=1S/C14H22O2/c1-10(2)12(15)16-13(3,4)14-7-5-11(9-14)6-8-14/h11H,1,5-9H2,2-4H3. The van der Waals surface area contributed by atoms with Crippen LogP contribution in [0.25, 0.3) is 0 Å². The number of hydrogen-bond acceptors (Lipinski definition) is 2. The molecule has 16 heavy (non-hydrogen) atoms. The number of rotatable bonds is 3. The van der Waals surface area contributed by atoms with Crippen molar-refractivity contribution in [2.45, 2.75) is 58.5 Å². The lowest BCUT2D eigenvalue weighted by molar-refractivity contribution is -0.165. The lowest BCUT2D eigenvalue weighted by atomic mass is 9.71. The van der Waals surface area contributed by atoms with Crippen LogP contribution in [-0.4, -0.2) is 11.6 Å². The first kappa shape index (κ1) is 11.7. The van der Waals surface area contributed by atoms with E-state index in [9.17, 15) is 4.79 Å². The maximum Gasteiger partial charge on any atom is 0.333 e. The minimum atomic E-state index is -0.339. The molecule has 0 amide bonds. The molecule has 2 rings (SSSR count). The molecule has 0 aromatic heterocycles. The molecule has 0 aliphatic heterocycles. The van der Waals surface area contributed by atoms with Gasteiger partial charge in [-0.1, -0.05) is 6.58 Å². The summed E-state index contributed by atoms with van der Waals surface area (Å²) in [5, 5.41) is 0. The summed E-state index contributed by atoms with van der Waals surface area (Å²) in [6.07, 6.45) is 6.30. The molecule has 2 heteroatoms. The zero-order valence-corrected chi connectivity index (χ0v) is 10.6. The van der Waals surface area contributed by atoms with Gasteiger partial charge >= 0.3 is 5.97 Å². The van der Waals surface area contributed by atoms with Crippen molar-refractivity contribution in [1.82, 2.24) is 0 Å². The topological polar surface area (TPSA) is 26.3 Å². The highest BCUT2D eigenvalue weighted by atomic mass is 16.6. The lowest BCUT2D eigenvalue weighted by Gasteiger charge is -2.42. The van der Waals surface area contributed by atoms with Crippen LogP contribution in [0.1, 0.15) is 52.9 Å². The molecule has 0 atom stereocenters. The molecule has 2 saturated carbocycles. The third kappa shape index (κ3) is 1.68. The zero-order valence-electron chi connectivity index (χ0n) is 10.6. The Kier molecular flexibility index (Phi) is 2.64. The number of carbonyl (C=O) groups is 1. The fourth-order valence-corrected chi connectivity index (χ4v) is 3.47. The van der Waals surface area contributed by atoms with E-state index in [0.717, 1.165) is 5.92 Å². The third-order valence-electron chi connectivity index (χ3n) is 4.72. The van der Waals surface area contributed by atoms with Gasteiger partial charge in [0.25, 0.3) is 0 Å². The van der Waals surface area contributed by atoms with Crippen LogP contribution >= 0.6 is 0 Å². The van der Waals surface area contributed by atoms with Gasteiger partial charge in [-0.2, -0.15) is 0 Å². The first-order valence-corrected chi connectivity index (χ1v) is 6.25. The Hall–Kier alpha value is -0.790. The second-order valence-electron chi connectivity index (χ2n) is 6.11. The third-order valence-corrected chi connectivity index (χ3v) is 4.72. The van der Waals surface area contributed by atoms with Crippen LogP contribution in [0.15, 0.2) is 12.2 Å². The fraction of sp³-hybridized carbons (Fsp3) is 0.786. The van der Waals surface area contributed by atoms with Gasteiger partial charge in [-0.25, -0.2) is 4.79 Å². The Morgan fingerprint density at radius 1 is 1.38 bits per heavy atom. The van der Waals surface area contributed by atoms with Crippen LogP contribution < -0.4 is 0 Å². The molecule has 2 aliphatic rings. The van der Waals surface area contributed by atoms with Crippen molar-refractivity contribution in [3.05, 3.63) is 12.2 Å². The minimum Gasteiger partial charge on any atom is -0.456 e. The molecular formula is C14H22O2. The number of carbonyl (C=O) groups excluding carboxylic acids is 1. The van der Waals surface area contributed by atoms with Crippen molar-refractivity contribution in [2.24, 2.45) is 11.3 Å². The summed E-state index contributed by atoms with van der Waals surface area (Å²) >= 11 is 0. The van der Waals surface area contributed by atoms with Crippen LogP contribution in [0.2, 0.25) is 0 Å². The molecule has 0 saturated heterocycles. The SMILES string of the molecule is C=C(C)C(=O)OC(C)(C)C12CCC(CC1)C2. The fourth-order valence-electron chi connectivity index (χ4n) is 3.47. The molecule has 0 unspecified atom stereocenters. The van der Waals surface area contributed by atoms with E-state index in [4.69, 9.17) is 4.74 Å². The molecular weight excluding hydrogens is 200 g/mol. The van der Waals surface area contributed by atoms with E-state index in [-0.39, 0.29) is 17.0 Å². The Balaban J connectivity index is 2.12. The van der Waals surface area contributed by atoms with Gasteiger partial charge in [0.2, 0.25) is 0 Å². The van der Waals surface area contributed by atoms with Gasteiger partial charge in [0.1, 0.15) is 5.60 Å². The van der Waals surface area contributed by atoms with E-state index in [0.29, 0.717) is 5.57 Å². The summed E-state index contributed by atoms with van der Waals surface area (Å²) in [7, 11) is 0. The zero-order chi connectivity index (χ0) is 12.0. The largest absolute Gasteiger partial charge is 0.456 e. The maximum absolute atomic E-state index is 11.7. The first-order chi connectivity index (χ1) is 7.36. The Morgan fingerprint density at radius 3 is 2.31 bits per heavy atom.